The van der Waals surface area contributed by atoms with Crippen molar-refractivity contribution in [3.8, 4) is 5.75 Å². The number of methoxy groups -OCH3 is 2. The number of aliphatic hydroxyl groups excluding tert-OH is 1. The number of amides is 1. The molecule has 7 nitrogen and oxygen atoms in total. The molecule has 3 aromatic rings. The Hall–Kier alpha value is -3.00. The second-order valence-electron chi connectivity index (χ2n) is 7.15. The fourth-order valence-corrected chi connectivity index (χ4v) is 4.08. The summed E-state index contributed by atoms with van der Waals surface area (Å²) < 4.78 is 16.2. The number of ketones is 1. The van der Waals surface area contributed by atoms with Crippen LogP contribution < -0.4 is 4.74 Å². The molecule has 0 fully saturated rings. The van der Waals surface area contributed by atoms with E-state index in [-0.39, 0.29) is 29.5 Å². The van der Waals surface area contributed by atoms with Crippen LogP contribution in [0.25, 0.3) is 11.0 Å². The first-order chi connectivity index (χ1) is 15.4. The van der Waals surface area contributed by atoms with E-state index < -0.39 is 23.5 Å². The number of carbonyl (C=O) groups is 2. The number of rotatable bonds is 7. The van der Waals surface area contributed by atoms with Crippen LogP contribution in [0.5, 0.6) is 5.75 Å². The molecule has 1 unspecified atom stereocenters. The van der Waals surface area contributed by atoms with E-state index in [0.29, 0.717) is 27.3 Å². The number of aliphatic hydroxyl groups is 1. The molecule has 1 atom stereocenters. The van der Waals surface area contributed by atoms with E-state index in [0.717, 1.165) is 0 Å². The number of carbonyl (C=O) groups excluding carboxylic acids is 2. The summed E-state index contributed by atoms with van der Waals surface area (Å²) in [6.45, 7) is 0.356. The smallest absolute Gasteiger partial charge is 0.290 e. The lowest BCUT2D eigenvalue weighted by molar-refractivity contribution is -0.130. The fraction of sp³-hybridized carbons (Fsp3) is 0.217. The van der Waals surface area contributed by atoms with Crippen LogP contribution in [0, 0.1) is 0 Å². The van der Waals surface area contributed by atoms with Crippen molar-refractivity contribution in [1.82, 2.24) is 4.90 Å². The summed E-state index contributed by atoms with van der Waals surface area (Å²) in [4.78, 5) is 27.7. The van der Waals surface area contributed by atoms with Crippen molar-refractivity contribution < 1.29 is 28.6 Å². The molecule has 1 aliphatic rings. The molecule has 0 radical (unpaired) electrons. The minimum Gasteiger partial charge on any atom is -0.503 e. The van der Waals surface area contributed by atoms with Gasteiger partial charge >= 0.3 is 0 Å². The van der Waals surface area contributed by atoms with Crippen molar-refractivity contribution in [2.24, 2.45) is 0 Å². The minimum absolute atomic E-state index is 0.0301. The molecule has 0 saturated carbocycles. The zero-order valence-electron chi connectivity index (χ0n) is 17.2. The maximum atomic E-state index is 13.5. The number of fused-ring (bicyclic) bond motifs is 1. The number of para-hydroxylation sites is 1. The van der Waals surface area contributed by atoms with Gasteiger partial charge in [0.25, 0.3) is 5.91 Å². The van der Waals surface area contributed by atoms with Crippen LogP contribution in [-0.2, 0) is 9.53 Å². The lowest BCUT2D eigenvalue weighted by atomic mass is 9.95. The van der Waals surface area contributed by atoms with Gasteiger partial charge in [-0.15, -0.1) is 0 Å². The first-order valence-electron chi connectivity index (χ1n) is 9.66. The third-order valence-electron chi connectivity index (χ3n) is 5.30. The molecule has 32 heavy (non-hydrogen) atoms. The SMILES string of the molecule is COCCN1C(=O)C(O)=C(C(=O)c2cc3cccc(OC)c3o2)C1c1ccc(Cl)c(Cl)c1. The molecule has 0 spiro atoms. The number of Topliss-reactive ketones (excluding diaryl/α,β-unsaturated/α-hetero) is 1. The van der Waals surface area contributed by atoms with Crippen LogP contribution in [0.3, 0.4) is 0 Å². The summed E-state index contributed by atoms with van der Waals surface area (Å²) >= 11 is 12.2. The normalized spacial score (nSPS) is 16.3. The number of nitrogens with zero attached hydrogens (tertiary/aromatic N) is 1. The molecule has 1 N–H and O–H groups in total. The first-order valence-corrected chi connectivity index (χ1v) is 10.4. The van der Waals surface area contributed by atoms with Gasteiger partial charge in [-0.05, 0) is 29.8 Å². The van der Waals surface area contributed by atoms with Gasteiger partial charge in [-0.25, -0.2) is 0 Å². The Morgan fingerprint density at radius 1 is 1.16 bits per heavy atom. The van der Waals surface area contributed by atoms with Gasteiger partial charge in [0.1, 0.15) is 0 Å². The Morgan fingerprint density at radius 2 is 1.94 bits per heavy atom. The molecule has 2 aromatic carbocycles. The third kappa shape index (κ3) is 3.72. The Bertz CT molecular complexity index is 1250. The molecular formula is C23H19Cl2NO6. The van der Waals surface area contributed by atoms with Crippen molar-refractivity contribution >= 4 is 45.9 Å². The molecule has 1 amide bonds. The molecule has 1 aromatic heterocycles. The average molecular weight is 476 g/mol. The highest BCUT2D eigenvalue weighted by molar-refractivity contribution is 6.42. The summed E-state index contributed by atoms with van der Waals surface area (Å²) in [5, 5.41) is 11.9. The molecule has 2 heterocycles. The van der Waals surface area contributed by atoms with Crippen molar-refractivity contribution in [2.75, 3.05) is 27.4 Å². The largest absolute Gasteiger partial charge is 0.503 e. The number of hydrogen-bond donors (Lipinski definition) is 1. The second-order valence-corrected chi connectivity index (χ2v) is 7.96. The number of hydrogen-bond acceptors (Lipinski definition) is 6. The second kappa shape index (κ2) is 8.86. The van der Waals surface area contributed by atoms with Crippen LogP contribution in [0.2, 0.25) is 10.0 Å². The zero-order valence-corrected chi connectivity index (χ0v) is 18.7. The van der Waals surface area contributed by atoms with Crippen molar-refractivity contribution in [1.29, 1.82) is 0 Å². The van der Waals surface area contributed by atoms with Crippen LogP contribution in [-0.4, -0.2) is 49.1 Å². The highest BCUT2D eigenvalue weighted by Crippen LogP contribution is 2.41. The number of benzene rings is 2. The highest BCUT2D eigenvalue weighted by Gasteiger charge is 2.44. The maximum absolute atomic E-state index is 13.5. The third-order valence-corrected chi connectivity index (χ3v) is 6.03. The average Bonchev–Trinajstić information content (AvgIpc) is 3.33. The Labute approximate surface area is 193 Å². The predicted octanol–water partition coefficient (Wildman–Crippen LogP) is 4.97. The first kappa shape index (κ1) is 22.2. The summed E-state index contributed by atoms with van der Waals surface area (Å²) in [5.74, 6) is -1.52. The topological polar surface area (TPSA) is 89.2 Å². The van der Waals surface area contributed by atoms with Crippen LogP contribution in [0.1, 0.15) is 22.2 Å². The molecule has 0 aliphatic carbocycles. The van der Waals surface area contributed by atoms with E-state index >= 15 is 0 Å². The predicted molar refractivity (Wildman–Crippen MR) is 120 cm³/mol. The zero-order chi connectivity index (χ0) is 23.0. The van der Waals surface area contributed by atoms with Crippen LogP contribution in [0.15, 0.2) is 58.2 Å². The lowest BCUT2D eigenvalue weighted by Gasteiger charge is -2.26. The van der Waals surface area contributed by atoms with Crippen molar-refractivity contribution in [2.45, 2.75) is 6.04 Å². The van der Waals surface area contributed by atoms with Gasteiger partial charge in [-0.1, -0.05) is 41.4 Å². The van der Waals surface area contributed by atoms with Crippen LogP contribution >= 0.6 is 23.2 Å². The van der Waals surface area contributed by atoms with Crippen molar-refractivity contribution in [3.63, 3.8) is 0 Å². The van der Waals surface area contributed by atoms with Crippen molar-refractivity contribution in [3.05, 3.63) is 75.2 Å². The van der Waals surface area contributed by atoms with Gasteiger partial charge < -0.3 is 23.9 Å². The van der Waals surface area contributed by atoms with E-state index in [1.807, 2.05) is 0 Å². The van der Waals surface area contributed by atoms with Gasteiger partial charge in [0, 0.05) is 19.0 Å². The Balaban J connectivity index is 1.83. The van der Waals surface area contributed by atoms with Crippen LogP contribution in [0.4, 0.5) is 0 Å². The lowest BCUT2D eigenvalue weighted by Crippen LogP contribution is -2.34. The molecule has 166 valence electrons. The van der Waals surface area contributed by atoms with Gasteiger partial charge in [-0.2, -0.15) is 0 Å². The van der Waals surface area contributed by atoms with E-state index in [1.54, 1.807) is 42.5 Å². The summed E-state index contributed by atoms with van der Waals surface area (Å²) in [5.41, 5.74) is 0.803. The molecule has 4 rings (SSSR count). The Morgan fingerprint density at radius 3 is 2.62 bits per heavy atom. The van der Waals surface area contributed by atoms with E-state index in [4.69, 9.17) is 37.1 Å². The number of furan rings is 1. The molecule has 9 heteroatoms. The summed E-state index contributed by atoms with van der Waals surface area (Å²) in [6, 6.07) is 10.7. The molecular weight excluding hydrogens is 457 g/mol. The van der Waals surface area contributed by atoms with E-state index in [2.05, 4.69) is 0 Å². The Kier molecular flexibility index (Phi) is 6.15. The van der Waals surface area contributed by atoms with Gasteiger partial charge in [0.15, 0.2) is 22.9 Å². The van der Waals surface area contributed by atoms with Gasteiger partial charge in [0.2, 0.25) is 5.78 Å². The van der Waals surface area contributed by atoms with E-state index in [1.165, 1.54) is 19.1 Å². The number of halogens is 2. The van der Waals surface area contributed by atoms with Gasteiger partial charge in [-0.3, -0.25) is 9.59 Å². The minimum atomic E-state index is -0.893. The molecule has 0 saturated heterocycles. The quantitative estimate of drug-likeness (QED) is 0.485. The van der Waals surface area contributed by atoms with Gasteiger partial charge in [0.05, 0.1) is 35.4 Å². The fourth-order valence-electron chi connectivity index (χ4n) is 3.78. The molecule has 1 aliphatic heterocycles. The monoisotopic (exact) mass is 475 g/mol. The maximum Gasteiger partial charge on any atom is 0.290 e. The number of ether oxygens (including phenoxy) is 2. The molecule has 0 bridgehead atoms. The highest BCUT2D eigenvalue weighted by atomic mass is 35.5. The summed E-state index contributed by atoms with van der Waals surface area (Å²) in [7, 11) is 2.99. The summed E-state index contributed by atoms with van der Waals surface area (Å²) in [6.07, 6.45) is 0. The van der Waals surface area contributed by atoms with E-state index in [9.17, 15) is 14.7 Å². The standard InChI is InChI=1S/C23H19Cl2NO6/c1-30-9-8-26-19(12-6-7-14(24)15(25)10-12)18(21(28)23(26)29)20(27)17-11-13-4-3-5-16(31-2)22(13)32-17/h3-7,10-11,19,28H,8-9H2,1-2H3.